The van der Waals surface area contributed by atoms with E-state index in [1.165, 1.54) is 37.4 Å². The number of carbonyl (C=O) groups excluding carboxylic acids is 1. The standard InChI is InChI=1S/C21H22ClFN4O4S/c1-20(12-32(29,30)21(19(24)27-20)6-8-31-9-7-21)15-10-14(3-4-16(15)23)26-18(28)17-5-2-13(22)11-25-17/h2-5,10-11H,6-9,12H2,1H3,(H2,24,27)(H,26,28)/t20-/m0/s1. The Labute approximate surface area is 190 Å². The lowest BCUT2D eigenvalue weighted by atomic mass is 9.89. The number of aromatic nitrogens is 1. The molecule has 2 aliphatic heterocycles. The maximum atomic E-state index is 14.9. The van der Waals surface area contributed by atoms with Crippen molar-refractivity contribution in [3.8, 4) is 0 Å². The summed E-state index contributed by atoms with van der Waals surface area (Å²) >= 11 is 5.79. The molecule has 0 bridgehead atoms. The second kappa shape index (κ2) is 8.09. The third-order valence-electron chi connectivity index (χ3n) is 6.01. The van der Waals surface area contributed by atoms with Gasteiger partial charge >= 0.3 is 0 Å². The van der Waals surface area contributed by atoms with E-state index >= 15 is 0 Å². The van der Waals surface area contributed by atoms with Crippen LogP contribution in [0.5, 0.6) is 0 Å². The van der Waals surface area contributed by atoms with Crippen LogP contribution in [0.4, 0.5) is 10.1 Å². The molecule has 170 valence electrons. The van der Waals surface area contributed by atoms with Crippen LogP contribution in [0.25, 0.3) is 0 Å². The van der Waals surface area contributed by atoms with Crippen LogP contribution in [0.3, 0.4) is 0 Å². The number of nitrogens with zero attached hydrogens (tertiary/aromatic N) is 1. The summed E-state index contributed by atoms with van der Waals surface area (Å²) in [6.07, 6.45) is 1.70. The number of benzene rings is 1. The Kier molecular flexibility index (Phi) is 5.72. The first-order chi connectivity index (χ1) is 15.1. The third kappa shape index (κ3) is 3.87. The van der Waals surface area contributed by atoms with Gasteiger partial charge in [-0.1, -0.05) is 11.6 Å². The lowest BCUT2D eigenvalue weighted by molar-refractivity contribution is 0.0861. The number of carbonyl (C=O) groups is 1. The summed E-state index contributed by atoms with van der Waals surface area (Å²) in [5.41, 5.74) is -0.966. The number of rotatable bonds is 3. The molecular weight excluding hydrogens is 459 g/mol. The van der Waals surface area contributed by atoms with Gasteiger partial charge in [-0.15, -0.1) is 0 Å². The Morgan fingerprint density at radius 1 is 1.28 bits per heavy atom. The Morgan fingerprint density at radius 2 is 2.00 bits per heavy atom. The van der Waals surface area contributed by atoms with Gasteiger partial charge in [-0.05, 0) is 50.1 Å². The molecule has 2 aromatic rings. The largest absolute Gasteiger partial charge is 0.381 e. The van der Waals surface area contributed by atoms with Gasteiger partial charge in [-0.2, -0.15) is 0 Å². The fraction of sp³-hybridized carbons (Fsp3) is 0.381. The van der Waals surface area contributed by atoms with Gasteiger partial charge in [-0.3, -0.25) is 10.2 Å². The van der Waals surface area contributed by atoms with Crippen LogP contribution in [-0.4, -0.2) is 48.9 Å². The molecule has 32 heavy (non-hydrogen) atoms. The second-order valence-electron chi connectivity index (χ2n) is 8.21. The monoisotopic (exact) mass is 480 g/mol. The van der Waals surface area contributed by atoms with Crippen LogP contribution in [0.1, 0.15) is 35.8 Å². The van der Waals surface area contributed by atoms with Gasteiger partial charge in [0.05, 0.1) is 16.3 Å². The molecule has 0 saturated carbocycles. The van der Waals surface area contributed by atoms with Crippen LogP contribution in [0.15, 0.2) is 36.5 Å². The molecule has 1 spiro atoms. The number of nitrogens with one attached hydrogen (secondary N) is 3. The van der Waals surface area contributed by atoms with E-state index in [-0.39, 0.29) is 48.8 Å². The van der Waals surface area contributed by atoms with E-state index in [1.807, 2.05) is 0 Å². The highest BCUT2D eigenvalue weighted by atomic mass is 35.5. The summed E-state index contributed by atoms with van der Waals surface area (Å²) in [6, 6.07) is 6.88. The number of hydrogen-bond donors (Lipinski definition) is 3. The average molecular weight is 481 g/mol. The van der Waals surface area contributed by atoms with Gasteiger partial charge < -0.3 is 15.4 Å². The minimum atomic E-state index is -3.79. The molecule has 1 aromatic carbocycles. The molecule has 2 fully saturated rings. The predicted octanol–water partition coefficient (Wildman–Crippen LogP) is 2.89. The topological polar surface area (TPSA) is 121 Å². The summed E-state index contributed by atoms with van der Waals surface area (Å²) in [4.78, 5) is 16.4. The zero-order chi connectivity index (χ0) is 23.1. The molecular formula is C21H22ClFN4O4S. The Hall–Kier alpha value is -2.56. The molecule has 1 atom stereocenters. The highest BCUT2D eigenvalue weighted by molar-refractivity contribution is 7.93. The normalized spacial score (nSPS) is 24.0. The van der Waals surface area contributed by atoms with Crippen molar-refractivity contribution in [2.45, 2.75) is 30.1 Å². The van der Waals surface area contributed by atoms with Crippen molar-refractivity contribution in [3.05, 3.63) is 58.6 Å². The summed E-state index contributed by atoms with van der Waals surface area (Å²) < 4.78 is 45.4. The SMILES string of the molecule is C[C@@]1(c2cc(NC(=O)c3ccc(Cl)cn3)ccc2F)CS(=O)(=O)C2(CCOCC2)C(=N)N1. The highest BCUT2D eigenvalue weighted by Gasteiger charge is 2.56. The van der Waals surface area contributed by atoms with E-state index in [9.17, 15) is 17.6 Å². The molecule has 2 aliphatic rings. The van der Waals surface area contributed by atoms with E-state index in [4.69, 9.17) is 21.7 Å². The minimum Gasteiger partial charge on any atom is -0.381 e. The minimum absolute atomic E-state index is 0.0367. The van der Waals surface area contributed by atoms with Gasteiger partial charge in [0.15, 0.2) is 9.84 Å². The zero-order valence-corrected chi connectivity index (χ0v) is 18.8. The van der Waals surface area contributed by atoms with E-state index in [2.05, 4.69) is 15.6 Å². The molecule has 11 heteroatoms. The number of pyridine rings is 1. The number of amidine groups is 1. The van der Waals surface area contributed by atoms with Crippen molar-refractivity contribution in [1.82, 2.24) is 10.3 Å². The van der Waals surface area contributed by atoms with E-state index in [0.717, 1.165) is 6.07 Å². The summed E-state index contributed by atoms with van der Waals surface area (Å²) in [7, 11) is -3.79. The second-order valence-corrected chi connectivity index (χ2v) is 10.9. The molecule has 1 amide bonds. The summed E-state index contributed by atoms with van der Waals surface area (Å²) in [5.74, 6) is -1.72. The molecule has 8 nitrogen and oxygen atoms in total. The van der Waals surface area contributed by atoms with Crippen molar-refractivity contribution in [2.75, 3.05) is 24.3 Å². The quantitative estimate of drug-likeness (QED) is 0.621. The smallest absolute Gasteiger partial charge is 0.274 e. The first-order valence-electron chi connectivity index (χ1n) is 9.97. The van der Waals surface area contributed by atoms with Crippen LogP contribution >= 0.6 is 11.6 Å². The van der Waals surface area contributed by atoms with Crippen LogP contribution in [0, 0.1) is 11.2 Å². The van der Waals surface area contributed by atoms with Crippen LogP contribution in [-0.2, 0) is 20.1 Å². The maximum absolute atomic E-state index is 14.9. The molecule has 4 rings (SSSR count). The fourth-order valence-electron chi connectivity index (χ4n) is 4.24. The van der Waals surface area contributed by atoms with E-state index in [0.29, 0.717) is 5.02 Å². The van der Waals surface area contributed by atoms with Gasteiger partial charge in [0.1, 0.15) is 22.1 Å². The summed E-state index contributed by atoms with van der Waals surface area (Å²) in [6.45, 7) is 2.03. The molecule has 0 unspecified atom stereocenters. The van der Waals surface area contributed by atoms with Crippen molar-refractivity contribution >= 4 is 38.9 Å². The molecule has 0 radical (unpaired) electrons. The maximum Gasteiger partial charge on any atom is 0.274 e. The molecule has 2 saturated heterocycles. The van der Waals surface area contributed by atoms with Crippen LogP contribution < -0.4 is 10.6 Å². The zero-order valence-electron chi connectivity index (χ0n) is 17.2. The number of halogens is 2. The number of hydrogen-bond acceptors (Lipinski definition) is 6. The van der Waals surface area contributed by atoms with Gasteiger partial charge in [0.2, 0.25) is 0 Å². The van der Waals surface area contributed by atoms with Crippen molar-refractivity contribution < 1.29 is 22.3 Å². The van der Waals surface area contributed by atoms with Crippen molar-refractivity contribution in [2.24, 2.45) is 0 Å². The molecule has 1 aromatic heterocycles. The highest BCUT2D eigenvalue weighted by Crippen LogP contribution is 2.40. The van der Waals surface area contributed by atoms with Crippen molar-refractivity contribution in [1.29, 1.82) is 5.41 Å². The van der Waals surface area contributed by atoms with Gasteiger partial charge in [0, 0.05) is 30.7 Å². The predicted molar refractivity (Wildman–Crippen MR) is 118 cm³/mol. The van der Waals surface area contributed by atoms with E-state index < -0.39 is 37.6 Å². The first-order valence-corrected chi connectivity index (χ1v) is 12.0. The Bertz CT molecular complexity index is 1180. The Morgan fingerprint density at radius 3 is 2.62 bits per heavy atom. The fourth-order valence-corrected chi connectivity index (χ4v) is 6.76. The van der Waals surface area contributed by atoms with Crippen LogP contribution in [0.2, 0.25) is 5.02 Å². The van der Waals surface area contributed by atoms with Gasteiger partial charge in [0.25, 0.3) is 5.91 Å². The number of ether oxygens (including phenoxy) is 1. The number of anilines is 1. The lowest BCUT2D eigenvalue weighted by Gasteiger charge is -2.47. The molecule has 3 N–H and O–H groups in total. The molecule has 0 aliphatic carbocycles. The third-order valence-corrected chi connectivity index (χ3v) is 8.99. The van der Waals surface area contributed by atoms with Gasteiger partial charge in [-0.25, -0.2) is 17.8 Å². The summed E-state index contributed by atoms with van der Waals surface area (Å²) in [5, 5.41) is 14.5. The van der Waals surface area contributed by atoms with E-state index in [1.54, 1.807) is 0 Å². The Balaban J connectivity index is 1.64. The lowest BCUT2D eigenvalue weighted by Crippen LogP contribution is -2.67. The van der Waals surface area contributed by atoms with Crippen molar-refractivity contribution in [3.63, 3.8) is 0 Å². The molecule has 3 heterocycles. The number of amides is 1. The average Bonchev–Trinajstić information content (AvgIpc) is 2.74. The number of sulfone groups is 1. The first kappa shape index (κ1) is 22.6.